The van der Waals surface area contributed by atoms with Gasteiger partial charge in [-0.05, 0) is 13.8 Å². The SMILES string of the molecule is CCOc1nnc(CN2CCN(Cc3nccn3C)C(C)C2)s1. The van der Waals surface area contributed by atoms with Gasteiger partial charge < -0.3 is 9.30 Å². The van der Waals surface area contributed by atoms with E-state index < -0.39 is 0 Å². The zero-order valence-corrected chi connectivity index (χ0v) is 14.8. The second-order valence-electron chi connectivity index (χ2n) is 5.90. The van der Waals surface area contributed by atoms with Crippen molar-refractivity contribution in [2.45, 2.75) is 33.0 Å². The molecule has 0 aliphatic carbocycles. The van der Waals surface area contributed by atoms with Gasteiger partial charge in [0, 0.05) is 45.1 Å². The zero-order chi connectivity index (χ0) is 16.2. The van der Waals surface area contributed by atoms with Crippen molar-refractivity contribution < 1.29 is 4.74 Å². The predicted molar refractivity (Wildman–Crippen MR) is 89.4 cm³/mol. The average molecular weight is 336 g/mol. The molecule has 1 fully saturated rings. The van der Waals surface area contributed by atoms with Crippen LogP contribution in [0.15, 0.2) is 12.4 Å². The van der Waals surface area contributed by atoms with Crippen LogP contribution in [0.2, 0.25) is 0 Å². The Morgan fingerprint density at radius 1 is 1.30 bits per heavy atom. The topological polar surface area (TPSA) is 59.3 Å². The van der Waals surface area contributed by atoms with Gasteiger partial charge in [-0.2, -0.15) is 0 Å². The van der Waals surface area contributed by atoms with E-state index in [9.17, 15) is 0 Å². The number of aromatic nitrogens is 4. The largest absolute Gasteiger partial charge is 0.469 e. The molecule has 1 atom stereocenters. The van der Waals surface area contributed by atoms with E-state index in [1.165, 1.54) is 0 Å². The highest BCUT2D eigenvalue weighted by atomic mass is 32.1. The molecule has 23 heavy (non-hydrogen) atoms. The summed E-state index contributed by atoms with van der Waals surface area (Å²) in [5, 5.41) is 9.98. The van der Waals surface area contributed by atoms with Gasteiger partial charge in [0.15, 0.2) is 0 Å². The molecule has 0 spiro atoms. The molecule has 0 amide bonds. The number of hydrogen-bond donors (Lipinski definition) is 0. The lowest BCUT2D eigenvalue weighted by atomic mass is 10.2. The molecule has 0 aromatic carbocycles. The number of aryl methyl sites for hydroxylation is 1. The molecule has 3 heterocycles. The molecule has 7 nitrogen and oxygen atoms in total. The molecule has 2 aromatic heterocycles. The quantitative estimate of drug-likeness (QED) is 0.794. The fraction of sp³-hybridized carbons (Fsp3) is 0.667. The average Bonchev–Trinajstić information content (AvgIpc) is 3.12. The van der Waals surface area contributed by atoms with Crippen molar-refractivity contribution in [1.29, 1.82) is 0 Å². The Kier molecular flexibility index (Phi) is 5.24. The second-order valence-corrected chi connectivity index (χ2v) is 6.93. The maximum absolute atomic E-state index is 5.39. The third-order valence-corrected chi connectivity index (χ3v) is 5.01. The summed E-state index contributed by atoms with van der Waals surface area (Å²) >= 11 is 1.55. The van der Waals surface area contributed by atoms with Crippen LogP contribution in [0.3, 0.4) is 0 Å². The Hall–Kier alpha value is -1.51. The summed E-state index contributed by atoms with van der Waals surface area (Å²) in [7, 11) is 2.05. The molecular formula is C15H24N6OS. The molecular weight excluding hydrogens is 312 g/mol. The maximum atomic E-state index is 5.39. The lowest BCUT2D eigenvalue weighted by Crippen LogP contribution is -2.51. The van der Waals surface area contributed by atoms with Gasteiger partial charge >= 0.3 is 0 Å². The third kappa shape index (κ3) is 4.07. The number of nitrogens with zero attached hydrogens (tertiary/aromatic N) is 6. The standard InChI is InChI=1S/C15H24N6OS/c1-4-22-15-18-17-14(23-15)11-20-7-8-21(12(2)9-20)10-13-16-5-6-19(13)3/h5-6,12H,4,7-11H2,1-3H3. The Balaban J connectivity index is 1.52. The summed E-state index contributed by atoms with van der Waals surface area (Å²) < 4.78 is 7.49. The maximum Gasteiger partial charge on any atom is 0.294 e. The lowest BCUT2D eigenvalue weighted by molar-refractivity contribution is 0.0706. The highest BCUT2D eigenvalue weighted by molar-refractivity contribution is 7.13. The first-order valence-electron chi connectivity index (χ1n) is 8.03. The van der Waals surface area contributed by atoms with Crippen LogP contribution in [0.25, 0.3) is 0 Å². The first kappa shape index (κ1) is 16.4. The summed E-state index contributed by atoms with van der Waals surface area (Å²) in [5.74, 6) is 1.12. The lowest BCUT2D eigenvalue weighted by Gasteiger charge is -2.39. The number of hydrogen-bond acceptors (Lipinski definition) is 7. The van der Waals surface area contributed by atoms with Crippen LogP contribution in [0.1, 0.15) is 24.7 Å². The van der Waals surface area contributed by atoms with Crippen LogP contribution in [0.4, 0.5) is 0 Å². The van der Waals surface area contributed by atoms with E-state index in [0.717, 1.165) is 43.6 Å². The van der Waals surface area contributed by atoms with E-state index in [-0.39, 0.29) is 0 Å². The van der Waals surface area contributed by atoms with Crippen molar-refractivity contribution in [1.82, 2.24) is 29.5 Å². The molecule has 8 heteroatoms. The van der Waals surface area contributed by atoms with E-state index >= 15 is 0 Å². The predicted octanol–water partition coefficient (Wildman–Crippen LogP) is 1.38. The number of ether oxygens (including phenoxy) is 1. The van der Waals surface area contributed by atoms with Crippen molar-refractivity contribution in [2.75, 3.05) is 26.2 Å². The first-order valence-corrected chi connectivity index (χ1v) is 8.85. The fourth-order valence-electron chi connectivity index (χ4n) is 2.85. The van der Waals surface area contributed by atoms with Gasteiger partial charge in [-0.1, -0.05) is 11.3 Å². The van der Waals surface area contributed by atoms with Crippen LogP contribution < -0.4 is 4.74 Å². The number of rotatable bonds is 6. The molecule has 2 aromatic rings. The highest BCUT2D eigenvalue weighted by Crippen LogP contribution is 2.21. The Morgan fingerprint density at radius 2 is 2.17 bits per heavy atom. The minimum absolute atomic E-state index is 0.500. The molecule has 126 valence electrons. The van der Waals surface area contributed by atoms with E-state index in [1.54, 1.807) is 11.3 Å². The van der Waals surface area contributed by atoms with Gasteiger partial charge in [0.25, 0.3) is 5.19 Å². The molecule has 1 saturated heterocycles. The van der Waals surface area contributed by atoms with Crippen molar-refractivity contribution in [3.05, 3.63) is 23.2 Å². The van der Waals surface area contributed by atoms with Crippen molar-refractivity contribution >= 4 is 11.3 Å². The van der Waals surface area contributed by atoms with Crippen molar-refractivity contribution in [2.24, 2.45) is 7.05 Å². The smallest absolute Gasteiger partial charge is 0.294 e. The Morgan fingerprint density at radius 3 is 2.87 bits per heavy atom. The third-order valence-electron chi connectivity index (χ3n) is 4.19. The molecule has 3 rings (SSSR count). The number of piperazine rings is 1. The van der Waals surface area contributed by atoms with Gasteiger partial charge in [0.1, 0.15) is 10.8 Å². The van der Waals surface area contributed by atoms with Gasteiger partial charge in [-0.3, -0.25) is 9.80 Å². The van der Waals surface area contributed by atoms with Crippen LogP contribution in [0, 0.1) is 0 Å². The van der Waals surface area contributed by atoms with Crippen LogP contribution in [0.5, 0.6) is 5.19 Å². The summed E-state index contributed by atoms with van der Waals surface area (Å²) in [6.07, 6.45) is 3.86. The molecule has 1 unspecified atom stereocenters. The van der Waals surface area contributed by atoms with E-state index in [2.05, 4.69) is 43.5 Å². The highest BCUT2D eigenvalue weighted by Gasteiger charge is 2.25. The minimum atomic E-state index is 0.500. The van der Waals surface area contributed by atoms with Crippen LogP contribution in [-0.2, 0) is 20.1 Å². The summed E-state index contributed by atoms with van der Waals surface area (Å²) in [4.78, 5) is 9.36. The summed E-state index contributed by atoms with van der Waals surface area (Å²) in [5.41, 5.74) is 0. The Labute approximate surface area is 140 Å². The molecule has 0 bridgehead atoms. The molecule has 0 saturated carbocycles. The zero-order valence-electron chi connectivity index (χ0n) is 14.0. The molecule has 1 aliphatic rings. The second kappa shape index (κ2) is 7.37. The number of imidazole rings is 1. The first-order chi connectivity index (χ1) is 11.2. The van der Waals surface area contributed by atoms with Gasteiger partial charge in [0.2, 0.25) is 0 Å². The molecule has 1 aliphatic heterocycles. The van der Waals surface area contributed by atoms with Gasteiger partial charge in [-0.25, -0.2) is 4.98 Å². The molecule has 0 radical (unpaired) electrons. The van der Waals surface area contributed by atoms with Crippen LogP contribution in [-0.4, -0.2) is 61.8 Å². The van der Waals surface area contributed by atoms with E-state index in [1.807, 2.05) is 19.3 Å². The minimum Gasteiger partial charge on any atom is -0.469 e. The summed E-state index contributed by atoms with van der Waals surface area (Å²) in [6, 6.07) is 0.500. The monoisotopic (exact) mass is 336 g/mol. The van der Waals surface area contributed by atoms with Crippen molar-refractivity contribution in [3.8, 4) is 5.19 Å². The van der Waals surface area contributed by atoms with Gasteiger partial charge in [0.05, 0.1) is 19.7 Å². The van der Waals surface area contributed by atoms with Crippen molar-refractivity contribution in [3.63, 3.8) is 0 Å². The Bertz CT molecular complexity index is 627. The molecule has 0 N–H and O–H groups in total. The van der Waals surface area contributed by atoms with E-state index in [0.29, 0.717) is 17.8 Å². The van der Waals surface area contributed by atoms with E-state index in [4.69, 9.17) is 4.74 Å². The fourth-order valence-corrected chi connectivity index (χ4v) is 3.64. The normalized spacial score (nSPS) is 20.0. The summed E-state index contributed by atoms with van der Waals surface area (Å²) in [6.45, 7) is 9.76. The van der Waals surface area contributed by atoms with Gasteiger partial charge in [-0.15, -0.1) is 10.2 Å². The van der Waals surface area contributed by atoms with Crippen LogP contribution >= 0.6 is 11.3 Å².